The fourth-order valence-electron chi connectivity index (χ4n) is 0.105. The number of thiol groups is 1. The van der Waals surface area contributed by atoms with E-state index in [1.165, 1.54) is 0 Å². The molecule has 0 rings (SSSR count). The molecule has 0 aromatic rings. The van der Waals surface area contributed by atoms with Crippen LogP contribution >= 0.6 is 31.6 Å². The van der Waals surface area contributed by atoms with Crippen molar-refractivity contribution in [3.05, 3.63) is 0 Å². The Morgan fingerprint density at radius 3 is 2.43 bits per heavy atom. The number of hydrogen-bond donors (Lipinski definition) is 3. The maximum atomic E-state index is 10.0. The Bertz CT molecular complexity index is 91.9. The van der Waals surface area contributed by atoms with Gasteiger partial charge >= 0.3 is 0 Å². The second-order valence-corrected chi connectivity index (χ2v) is 3.31. The molecule has 0 amide bonds. The van der Waals surface area contributed by atoms with Crippen LogP contribution in [0.25, 0.3) is 0 Å². The minimum Gasteiger partial charge on any atom is -0.376 e. The van der Waals surface area contributed by atoms with Crippen LogP contribution in [0.1, 0.15) is 0 Å². The zero-order valence-corrected chi connectivity index (χ0v) is 6.05. The molecule has 0 aliphatic heterocycles. The molecule has 0 fully saturated rings. The van der Waals surface area contributed by atoms with Gasteiger partial charge in [0.1, 0.15) is 0 Å². The van der Waals surface area contributed by atoms with Gasteiger partial charge in [0.25, 0.3) is 0 Å². The number of hydrogen-bond acceptors (Lipinski definition) is 2. The highest BCUT2D eigenvalue weighted by molar-refractivity contribution is 8.40. The van der Waals surface area contributed by atoms with Gasteiger partial charge in [-0.25, -0.2) is 0 Å². The van der Waals surface area contributed by atoms with Crippen molar-refractivity contribution < 1.29 is 4.57 Å². The molecule has 7 heavy (non-hydrogen) atoms. The van der Waals surface area contributed by atoms with E-state index in [-0.39, 0.29) is 5.11 Å². The van der Waals surface area contributed by atoms with E-state index in [9.17, 15) is 4.57 Å². The average molecular weight is 156 g/mol. The van der Waals surface area contributed by atoms with E-state index in [2.05, 4.69) is 29.6 Å². The Hall–Kier alpha value is 0.270. The van der Waals surface area contributed by atoms with Crippen molar-refractivity contribution in [1.29, 1.82) is 0 Å². The fraction of sp³-hybridized carbons (Fsp3) is 0. The van der Waals surface area contributed by atoms with Gasteiger partial charge in [-0.1, -0.05) is 12.2 Å². The zero-order chi connectivity index (χ0) is 5.86. The Kier molecular flexibility index (Phi) is 3.42. The normalized spacial score (nSPS) is 12.7. The lowest BCUT2D eigenvalue weighted by atomic mass is 11.3. The van der Waals surface area contributed by atoms with Gasteiger partial charge in [0.2, 0.25) is 7.15 Å². The van der Waals surface area contributed by atoms with Crippen LogP contribution in [0.15, 0.2) is 0 Å². The molecule has 0 heterocycles. The van der Waals surface area contributed by atoms with Crippen molar-refractivity contribution in [2.45, 2.75) is 0 Å². The molecular weight excluding hydrogens is 151 g/mol. The lowest BCUT2D eigenvalue weighted by Crippen LogP contribution is -2.21. The van der Waals surface area contributed by atoms with E-state index in [0.717, 1.165) is 0 Å². The van der Waals surface area contributed by atoms with Crippen LogP contribution in [0, 0.1) is 0 Å². The van der Waals surface area contributed by atoms with Gasteiger partial charge in [-0.2, -0.15) is 0 Å². The summed E-state index contributed by atoms with van der Waals surface area (Å²) in [7, 11) is -2.01. The maximum Gasteiger partial charge on any atom is 0.210 e. The Balaban J connectivity index is 3.32. The summed E-state index contributed by atoms with van der Waals surface area (Å²) < 4.78 is 10.0. The second-order valence-electron chi connectivity index (χ2n) is 0.794. The summed E-state index contributed by atoms with van der Waals surface area (Å²) in [5, 5.41) is 2.25. The fourth-order valence-corrected chi connectivity index (χ4v) is 1.18. The lowest BCUT2D eigenvalue weighted by Gasteiger charge is -1.93. The van der Waals surface area contributed by atoms with Crippen molar-refractivity contribution >= 4 is 36.7 Å². The summed E-state index contributed by atoms with van der Waals surface area (Å²) in [6, 6.07) is 0. The highest BCUT2D eigenvalue weighted by atomic mass is 32.7. The molecule has 3 nitrogen and oxygen atoms in total. The van der Waals surface area contributed by atoms with Gasteiger partial charge in [-0.15, -0.1) is 0 Å². The smallest absolute Gasteiger partial charge is 0.210 e. The summed E-state index contributed by atoms with van der Waals surface area (Å²) in [6.07, 6.45) is 0. The number of thiocarbonyl (C=S) groups is 1. The molecule has 0 aromatic carbocycles. The van der Waals surface area contributed by atoms with Gasteiger partial charge in [0, 0.05) is 0 Å². The average Bonchev–Trinajstić information content (AvgIpc) is 1.27. The molecule has 0 aliphatic carbocycles. The minimum absolute atomic E-state index is 0.0267. The molecule has 0 saturated heterocycles. The molecule has 3 N–H and O–H groups in total. The molecular formula is CH5N2OPS2. The summed E-state index contributed by atoms with van der Waals surface area (Å²) in [4.78, 5) is 0. The first-order valence-corrected chi connectivity index (χ1v) is 4.53. The summed E-state index contributed by atoms with van der Waals surface area (Å²) in [5.74, 6) is 0. The van der Waals surface area contributed by atoms with Gasteiger partial charge < -0.3 is 10.8 Å². The van der Waals surface area contributed by atoms with Crippen LogP contribution in [0.5, 0.6) is 0 Å². The lowest BCUT2D eigenvalue weighted by molar-refractivity contribution is 0.594. The SMILES string of the molecule is NC(=S)N[PH](=O)S. The second kappa shape index (κ2) is 3.29. The topological polar surface area (TPSA) is 55.1 Å². The first-order chi connectivity index (χ1) is 3.13. The number of rotatable bonds is 1. The third kappa shape index (κ3) is 6.27. The maximum absolute atomic E-state index is 10.0. The predicted molar refractivity (Wildman–Crippen MR) is 37.9 cm³/mol. The van der Waals surface area contributed by atoms with Crippen LogP contribution in [-0.2, 0) is 4.57 Å². The van der Waals surface area contributed by atoms with Crippen LogP contribution in [0.2, 0.25) is 0 Å². The van der Waals surface area contributed by atoms with Crippen LogP contribution in [0.4, 0.5) is 0 Å². The van der Waals surface area contributed by atoms with Crippen molar-refractivity contribution in [3.63, 3.8) is 0 Å². The van der Waals surface area contributed by atoms with Crippen molar-refractivity contribution in [2.24, 2.45) is 5.73 Å². The molecule has 0 spiro atoms. The molecule has 0 saturated carbocycles. The summed E-state index contributed by atoms with van der Waals surface area (Å²) >= 11 is 7.82. The monoisotopic (exact) mass is 156 g/mol. The van der Waals surface area contributed by atoms with Crippen LogP contribution in [0.3, 0.4) is 0 Å². The number of nitrogens with two attached hydrogens (primary N) is 1. The Labute approximate surface area is 52.7 Å². The Morgan fingerprint density at radius 1 is 2.00 bits per heavy atom. The Morgan fingerprint density at radius 2 is 2.43 bits per heavy atom. The third-order valence-electron chi connectivity index (χ3n) is 0.230. The predicted octanol–water partition coefficient (Wildman–Crippen LogP) is 0.139. The molecule has 0 aromatic heterocycles. The summed E-state index contributed by atoms with van der Waals surface area (Å²) in [6.45, 7) is 0. The third-order valence-corrected chi connectivity index (χ3v) is 1.33. The van der Waals surface area contributed by atoms with E-state index in [1.807, 2.05) is 0 Å². The molecule has 0 bridgehead atoms. The van der Waals surface area contributed by atoms with Crippen molar-refractivity contribution in [3.8, 4) is 0 Å². The van der Waals surface area contributed by atoms with E-state index in [4.69, 9.17) is 5.73 Å². The zero-order valence-electron chi connectivity index (χ0n) is 3.34. The molecule has 42 valence electrons. The molecule has 1 unspecified atom stereocenters. The van der Waals surface area contributed by atoms with Crippen molar-refractivity contribution in [1.82, 2.24) is 5.09 Å². The van der Waals surface area contributed by atoms with Crippen molar-refractivity contribution in [2.75, 3.05) is 0 Å². The number of nitrogens with one attached hydrogen (secondary N) is 1. The highest BCUT2D eigenvalue weighted by Crippen LogP contribution is 2.17. The van der Waals surface area contributed by atoms with Gasteiger partial charge in [0.05, 0.1) is 0 Å². The van der Waals surface area contributed by atoms with Gasteiger partial charge in [0.15, 0.2) is 5.11 Å². The van der Waals surface area contributed by atoms with E-state index < -0.39 is 7.15 Å². The highest BCUT2D eigenvalue weighted by Gasteiger charge is 1.85. The largest absolute Gasteiger partial charge is 0.376 e. The first kappa shape index (κ1) is 7.27. The molecule has 0 aliphatic rings. The van der Waals surface area contributed by atoms with Crippen LogP contribution in [-0.4, -0.2) is 5.11 Å². The van der Waals surface area contributed by atoms with E-state index >= 15 is 0 Å². The molecule has 1 atom stereocenters. The van der Waals surface area contributed by atoms with Gasteiger partial charge in [-0.05, 0) is 12.2 Å². The molecule has 0 radical (unpaired) electrons. The minimum atomic E-state index is -2.01. The van der Waals surface area contributed by atoms with Crippen LogP contribution < -0.4 is 10.8 Å². The standard InChI is InChI=1S/CH5N2OPS2/c2-1(6)3-5(4)7/h5H,(H4,2,3,4,6,7). The quantitative estimate of drug-likeness (QED) is 0.287. The van der Waals surface area contributed by atoms with Gasteiger partial charge in [-0.3, -0.25) is 4.57 Å². The van der Waals surface area contributed by atoms with E-state index in [1.54, 1.807) is 0 Å². The summed E-state index contributed by atoms with van der Waals surface area (Å²) in [5.41, 5.74) is 4.89. The first-order valence-electron chi connectivity index (χ1n) is 1.42. The molecule has 6 heteroatoms. The van der Waals surface area contributed by atoms with E-state index in [0.29, 0.717) is 0 Å².